The first-order valence-corrected chi connectivity index (χ1v) is 9.43. The molecule has 0 aliphatic carbocycles. The van der Waals surface area contributed by atoms with E-state index in [1.165, 1.54) is 0 Å². The van der Waals surface area contributed by atoms with Crippen LogP contribution in [0.25, 0.3) is 16.9 Å². The largest absolute Gasteiger partial charge is 0.497 e. The number of hydrogen-bond acceptors (Lipinski definition) is 5. The summed E-state index contributed by atoms with van der Waals surface area (Å²) in [6.45, 7) is 4.66. The number of piperazine rings is 1. The van der Waals surface area contributed by atoms with Crippen LogP contribution in [0.3, 0.4) is 0 Å². The van der Waals surface area contributed by atoms with Crippen LogP contribution >= 0.6 is 0 Å². The molecule has 3 heterocycles. The van der Waals surface area contributed by atoms with Gasteiger partial charge in [-0.05, 0) is 35.9 Å². The van der Waals surface area contributed by atoms with Crippen molar-refractivity contribution < 1.29 is 14.6 Å². The third-order valence-corrected chi connectivity index (χ3v) is 5.08. The van der Waals surface area contributed by atoms with Gasteiger partial charge in [-0.25, -0.2) is 4.98 Å². The maximum atomic E-state index is 11.1. The second kappa shape index (κ2) is 8.00. The molecule has 0 bridgehead atoms. The van der Waals surface area contributed by atoms with E-state index in [-0.39, 0.29) is 6.42 Å². The van der Waals surface area contributed by atoms with Gasteiger partial charge in [0, 0.05) is 44.5 Å². The summed E-state index contributed by atoms with van der Waals surface area (Å²) in [6, 6.07) is 11.6. The molecule has 7 nitrogen and oxygen atoms in total. The summed E-state index contributed by atoms with van der Waals surface area (Å²) in [5, 5.41) is 12.5. The van der Waals surface area contributed by atoms with Crippen LogP contribution in [0.1, 0.15) is 11.3 Å². The van der Waals surface area contributed by atoms with Gasteiger partial charge in [0.15, 0.2) is 0 Å². The Morgan fingerprint density at radius 2 is 1.93 bits per heavy atom. The third-order valence-electron chi connectivity index (χ3n) is 5.08. The van der Waals surface area contributed by atoms with Gasteiger partial charge in [0.1, 0.15) is 11.4 Å². The van der Waals surface area contributed by atoms with Gasteiger partial charge >= 0.3 is 5.97 Å². The van der Waals surface area contributed by atoms with Gasteiger partial charge in [-0.2, -0.15) is 0 Å². The molecule has 1 aliphatic heterocycles. The van der Waals surface area contributed by atoms with Crippen molar-refractivity contribution in [2.45, 2.75) is 13.0 Å². The second-order valence-corrected chi connectivity index (χ2v) is 7.00. The number of carboxylic acid groups (broad SMARTS) is 1. The highest BCUT2D eigenvalue weighted by Gasteiger charge is 2.19. The number of aromatic nitrogens is 2. The highest BCUT2D eigenvalue weighted by molar-refractivity contribution is 5.71. The molecule has 0 spiro atoms. The zero-order valence-electron chi connectivity index (χ0n) is 15.9. The van der Waals surface area contributed by atoms with E-state index >= 15 is 0 Å². The molecule has 0 atom stereocenters. The summed E-state index contributed by atoms with van der Waals surface area (Å²) in [7, 11) is 1.65. The van der Waals surface area contributed by atoms with Crippen LogP contribution in [0.2, 0.25) is 0 Å². The summed E-state index contributed by atoms with van der Waals surface area (Å²) in [5.74, 6) is -0.0292. The molecule has 4 rings (SSSR count). The number of fused-ring (bicyclic) bond motifs is 1. The standard InChI is InChI=1S/C21H24N4O3/c1-28-17-5-3-16(4-6-17)21-18(14-24-10-8-22-9-11-24)25-13-15(12-20(26)27)2-7-19(25)23-21/h2-7,13,22H,8-12,14H2,1H3,(H,26,27). The van der Waals surface area contributed by atoms with E-state index < -0.39 is 5.97 Å². The van der Waals surface area contributed by atoms with Crippen LogP contribution < -0.4 is 10.1 Å². The molecule has 2 N–H and O–H groups in total. The molecule has 1 aliphatic rings. The zero-order chi connectivity index (χ0) is 19.5. The predicted octanol–water partition coefficient (Wildman–Crippen LogP) is 2.04. The lowest BCUT2D eigenvalue weighted by molar-refractivity contribution is -0.136. The summed E-state index contributed by atoms with van der Waals surface area (Å²) in [4.78, 5) is 18.4. The minimum absolute atomic E-state index is 0.000929. The number of pyridine rings is 1. The SMILES string of the molecule is COc1ccc(-c2nc3ccc(CC(=O)O)cn3c2CN2CCNCC2)cc1. The number of methoxy groups -OCH3 is 1. The summed E-state index contributed by atoms with van der Waals surface area (Å²) in [5.41, 5.74) is 4.61. The molecule has 1 aromatic carbocycles. The van der Waals surface area contributed by atoms with E-state index in [1.54, 1.807) is 7.11 Å². The van der Waals surface area contributed by atoms with Crippen LogP contribution in [0.4, 0.5) is 0 Å². The Balaban J connectivity index is 1.79. The van der Waals surface area contributed by atoms with E-state index in [9.17, 15) is 4.79 Å². The lowest BCUT2D eigenvalue weighted by Gasteiger charge is -2.27. The van der Waals surface area contributed by atoms with Crippen LogP contribution in [0.15, 0.2) is 42.6 Å². The molecule has 146 valence electrons. The Kier molecular flexibility index (Phi) is 5.27. The molecule has 0 radical (unpaired) electrons. The molecular formula is C21H24N4O3. The first-order valence-electron chi connectivity index (χ1n) is 9.43. The Labute approximate surface area is 163 Å². The molecule has 28 heavy (non-hydrogen) atoms. The van der Waals surface area contributed by atoms with Crippen molar-refractivity contribution in [3.05, 3.63) is 53.9 Å². The molecule has 0 amide bonds. The van der Waals surface area contributed by atoms with E-state index in [4.69, 9.17) is 14.8 Å². The van der Waals surface area contributed by atoms with Gasteiger partial charge in [-0.3, -0.25) is 9.69 Å². The van der Waals surface area contributed by atoms with Gasteiger partial charge in [0.05, 0.1) is 24.9 Å². The van der Waals surface area contributed by atoms with Crippen LogP contribution in [0.5, 0.6) is 5.75 Å². The Bertz CT molecular complexity index is 975. The molecule has 2 aromatic heterocycles. The van der Waals surface area contributed by atoms with E-state index in [2.05, 4.69) is 10.2 Å². The number of nitrogens with one attached hydrogen (secondary N) is 1. The van der Waals surface area contributed by atoms with E-state index in [1.807, 2.05) is 47.0 Å². The number of carboxylic acids is 1. The second-order valence-electron chi connectivity index (χ2n) is 7.00. The van der Waals surface area contributed by atoms with Gasteiger partial charge in [0.2, 0.25) is 0 Å². The minimum Gasteiger partial charge on any atom is -0.497 e. The molecule has 0 saturated carbocycles. The number of carbonyl (C=O) groups is 1. The fraction of sp³-hybridized carbons (Fsp3) is 0.333. The molecule has 0 unspecified atom stereocenters. The molecular weight excluding hydrogens is 356 g/mol. The fourth-order valence-corrected chi connectivity index (χ4v) is 3.63. The van der Waals surface area contributed by atoms with Gasteiger partial charge < -0.3 is 19.6 Å². The van der Waals surface area contributed by atoms with Crippen LogP contribution in [0, 0.1) is 0 Å². The molecule has 3 aromatic rings. The normalized spacial score (nSPS) is 15.0. The van der Waals surface area contributed by atoms with E-state index in [0.717, 1.165) is 66.6 Å². The first kappa shape index (κ1) is 18.5. The quantitative estimate of drug-likeness (QED) is 0.681. The first-order chi connectivity index (χ1) is 13.6. The van der Waals surface area contributed by atoms with Crippen molar-refractivity contribution in [1.82, 2.24) is 19.6 Å². The number of imidazole rings is 1. The highest BCUT2D eigenvalue weighted by Crippen LogP contribution is 2.28. The molecule has 1 fully saturated rings. The lowest BCUT2D eigenvalue weighted by atomic mass is 10.1. The Morgan fingerprint density at radius 1 is 1.18 bits per heavy atom. The van der Waals surface area contributed by atoms with Crippen molar-refractivity contribution in [3.8, 4) is 17.0 Å². The number of aliphatic carboxylic acids is 1. The Morgan fingerprint density at radius 3 is 2.61 bits per heavy atom. The summed E-state index contributed by atoms with van der Waals surface area (Å²) in [6.07, 6.45) is 1.90. The smallest absolute Gasteiger partial charge is 0.307 e. The Hall–Kier alpha value is -2.90. The van der Waals surface area contributed by atoms with Crippen molar-refractivity contribution in [2.24, 2.45) is 0 Å². The number of nitrogens with zero attached hydrogens (tertiary/aromatic N) is 3. The topological polar surface area (TPSA) is 79.1 Å². The average molecular weight is 380 g/mol. The number of benzene rings is 1. The number of hydrogen-bond donors (Lipinski definition) is 2. The lowest BCUT2D eigenvalue weighted by Crippen LogP contribution is -2.43. The number of rotatable bonds is 6. The van der Waals surface area contributed by atoms with Crippen molar-refractivity contribution in [1.29, 1.82) is 0 Å². The van der Waals surface area contributed by atoms with Crippen LogP contribution in [-0.4, -0.2) is 58.6 Å². The van der Waals surface area contributed by atoms with Crippen molar-refractivity contribution >= 4 is 11.6 Å². The van der Waals surface area contributed by atoms with Gasteiger partial charge in [-0.15, -0.1) is 0 Å². The van der Waals surface area contributed by atoms with Gasteiger partial charge in [-0.1, -0.05) is 6.07 Å². The molecule has 1 saturated heterocycles. The van der Waals surface area contributed by atoms with Gasteiger partial charge in [0.25, 0.3) is 0 Å². The summed E-state index contributed by atoms with van der Waals surface area (Å²) >= 11 is 0. The van der Waals surface area contributed by atoms with Crippen molar-refractivity contribution in [2.75, 3.05) is 33.3 Å². The highest BCUT2D eigenvalue weighted by atomic mass is 16.5. The fourth-order valence-electron chi connectivity index (χ4n) is 3.63. The van der Waals surface area contributed by atoms with E-state index in [0.29, 0.717) is 0 Å². The predicted molar refractivity (Wildman–Crippen MR) is 107 cm³/mol. The van der Waals surface area contributed by atoms with Crippen molar-refractivity contribution in [3.63, 3.8) is 0 Å². The monoisotopic (exact) mass is 380 g/mol. The average Bonchev–Trinajstić information content (AvgIpc) is 3.06. The van der Waals surface area contributed by atoms with Crippen LogP contribution in [-0.2, 0) is 17.8 Å². The zero-order valence-corrected chi connectivity index (χ0v) is 15.9. The number of ether oxygens (including phenoxy) is 1. The summed E-state index contributed by atoms with van der Waals surface area (Å²) < 4.78 is 7.31. The maximum Gasteiger partial charge on any atom is 0.307 e. The minimum atomic E-state index is -0.835. The third kappa shape index (κ3) is 3.85. The maximum absolute atomic E-state index is 11.1. The molecule has 7 heteroatoms.